The minimum atomic E-state index is -3.81. The van der Waals surface area contributed by atoms with Gasteiger partial charge in [-0.25, -0.2) is 8.42 Å². The summed E-state index contributed by atoms with van der Waals surface area (Å²) in [6.07, 6.45) is 5.50. The highest BCUT2D eigenvalue weighted by molar-refractivity contribution is 7.92. The molecule has 0 aromatic heterocycles. The van der Waals surface area contributed by atoms with E-state index >= 15 is 0 Å². The summed E-state index contributed by atoms with van der Waals surface area (Å²) in [5, 5.41) is 3.53. The number of nitrogens with zero attached hydrogens (tertiary/aromatic N) is 2. The molecule has 1 fully saturated rings. The molecule has 36 heavy (non-hydrogen) atoms. The van der Waals surface area contributed by atoms with E-state index in [1.165, 1.54) is 4.90 Å². The number of rotatable bonds is 10. The summed E-state index contributed by atoms with van der Waals surface area (Å²) in [6.45, 7) is 5.31. The van der Waals surface area contributed by atoms with E-state index in [2.05, 4.69) is 5.32 Å². The van der Waals surface area contributed by atoms with E-state index in [9.17, 15) is 18.0 Å². The highest BCUT2D eigenvalue weighted by atomic mass is 35.5. The number of carbonyl (C=O) groups excluding carboxylic acids is 2. The molecular formula is C27H36ClN3O4S. The number of amides is 2. The molecule has 1 N–H and O–H groups in total. The number of hydrogen-bond acceptors (Lipinski definition) is 4. The number of carbonyl (C=O) groups is 2. The van der Waals surface area contributed by atoms with Crippen LogP contribution in [0.2, 0.25) is 5.02 Å². The number of aryl methyl sites for hydroxylation is 1. The van der Waals surface area contributed by atoms with Crippen molar-refractivity contribution < 1.29 is 18.0 Å². The van der Waals surface area contributed by atoms with Crippen LogP contribution in [0.3, 0.4) is 0 Å². The van der Waals surface area contributed by atoms with Crippen molar-refractivity contribution in [2.45, 2.75) is 71.5 Å². The van der Waals surface area contributed by atoms with Crippen LogP contribution in [-0.2, 0) is 26.2 Å². The van der Waals surface area contributed by atoms with Crippen LogP contribution in [0, 0.1) is 13.8 Å². The standard InChI is InChI=1S/C27H36ClN3O4S/c1-5-24(27(33)29-22-13-8-9-14-22)30(17-21-12-7-6-11-19(21)2)26(32)18-31(36(4,34)35)25-16-10-15-23(28)20(25)3/h6-7,10-12,15-16,22,24H,5,8-9,13-14,17-18H2,1-4H3,(H,29,33). The lowest BCUT2D eigenvalue weighted by Gasteiger charge is -2.34. The lowest BCUT2D eigenvalue weighted by atomic mass is 10.1. The van der Waals surface area contributed by atoms with Crippen molar-refractivity contribution in [1.82, 2.24) is 10.2 Å². The van der Waals surface area contributed by atoms with E-state index in [-0.39, 0.29) is 18.5 Å². The van der Waals surface area contributed by atoms with Gasteiger partial charge in [0.05, 0.1) is 11.9 Å². The van der Waals surface area contributed by atoms with Crippen molar-refractivity contribution in [1.29, 1.82) is 0 Å². The van der Waals surface area contributed by atoms with E-state index in [0.717, 1.165) is 47.4 Å². The van der Waals surface area contributed by atoms with Crippen molar-refractivity contribution in [2.24, 2.45) is 0 Å². The van der Waals surface area contributed by atoms with Gasteiger partial charge in [0.1, 0.15) is 12.6 Å². The van der Waals surface area contributed by atoms with Gasteiger partial charge in [-0.3, -0.25) is 13.9 Å². The Morgan fingerprint density at radius 1 is 1.08 bits per heavy atom. The molecule has 0 saturated heterocycles. The fourth-order valence-corrected chi connectivity index (χ4v) is 5.79. The minimum absolute atomic E-state index is 0.114. The van der Waals surface area contributed by atoms with E-state index in [1.54, 1.807) is 25.1 Å². The lowest BCUT2D eigenvalue weighted by molar-refractivity contribution is -0.140. The van der Waals surface area contributed by atoms with Crippen LogP contribution < -0.4 is 9.62 Å². The quantitative estimate of drug-likeness (QED) is 0.484. The molecule has 0 bridgehead atoms. The van der Waals surface area contributed by atoms with Crippen LogP contribution in [-0.4, -0.2) is 50.0 Å². The molecule has 0 heterocycles. The number of benzene rings is 2. The first kappa shape index (κ1) is 28.0. The summed E-state index contributed by atoms with van der Waals surface area (Å²) in [6, 6.07) is 12.0. The first-order valence-corrected chi connectivity index (χ1v) is 14.6. The van der Waals surface area contributed by atoms with Gasteiger partial charge in [-0.2, -0.15) is 0 Å². The van der Waals surface area contributed by atoms with Crippen LogP contribution in [0.5, 0.6) is 0 Å². The highest BCUT2D eigenvalue weighted by Gasteiger charge is 2.33. The molecule has 2 aromatic carbocycles. The normalized spacial score (nSPS) is 14.9. The molecule has 1 aliphatic rings. The molecule has 0 radical (unpaired) electrons. The van der Waals surface area contributed by atoms with Crippen LogP contribution in [0.25, 0.3) is 0 Å². The first-order chi connectivity index (χ1) is 17.0. The van der Waals surface area contributed by atoms with Gasteiger partial charge in [-0.05, 0) is 61.9 Å². The second kappa shape index (κ2) is 12.1. The van der Waals surface area contributed by atoms with Gasteiger partial charge in [0.25, 0.3) is 0 Å². The third kappa shape index (κ3) is 6.79. The highest BCUT2D eigenvalue weighted by Crippen LogP contribution is 2.29. The van der Waals surface area contributed by atoms with E-state index in [4.69, 9.17) is 11.6 Å². The molecule has 9 heteroatoms. The summed E-state index contributed by atoms with van der Waals surface area (Å²) in [5.41, 5.74) is 2.81. The Kier molecular flexibility index (Phi) is 9.41. The monoisotopic (exact) mass is 533 g/mol. The lowest BCUT2D eigenvalue weighted by Crippen LogP contribution is -2.53. The van der Waals surface area contributed by atoms with E-state index < -0.39 is 28.5 Å². The largest absolute Gasteiger partial charge is 0.352 e. The molecular weight excluding hydrogens is 498 g/mol. The number of hydrogen-bond donors (Lipinski definition) is 1. The number of nitrogens with one attached hydrogen (secondary N) is 1. The molecule has 0 spiro atoms. The summed E-state index contributed by atoms with van der Waals surface area (Å²) in [5.74, 6) is -0.646. The van der Waals surface area contributed by atoms with Crippen LogP contribution in [0.1, 0.15) is 55.7 Å². The van der Waals surface area contributed by atoms with Crippen LogP contribution >= 0.6 is 11.6 Å². The second-order valence-corrected chi connectivity index (χ2v) is 11.8. The molecule has 1 unspecified atom stereocenters. The maximum Gasteiger partial charge on any atom is 0.244 e. The van der Waals surface area contributed by atoms with Gasteiger partial charge in [0.15, 0.2) is 0 Å². The Balaban J connectivity index is 1.96. The Labute approximate surface area is 219 Å². The van der Waals surface area contributed by atoms with Crippen molar-refractivity contribution in [3.63, 3.8) is 0 Å². The van der Waals surface area contributed by atoms with Crippen molar-refractivity contribution in [3.8, 4) is 0 Å². The first-order valence-electron chi connectivity index (χ1n) is 12.4. The number of anilines is 1. The molecule has 0 aliphatic heterocycles. The van der Waals surface area contributed by atoms with Crippen molar-refractivity contribution >= 4 is 39.1 Å². The maximum absolute atomic E-state index is 13.8. The molecule has 7 nitrogen and oxygen atoms in total. The third-order valence-corrected chi connectivity index (χ3v) is 8.41. The average molecular weight is 534 g/mol. The predicted molar refractivity (Wildman–Crippen MR) is 145 cm³/mol. The SMILES string of the molecule is CCC(C(=O)NC1CCCC1)N(Cc1ccccc1C)C(=O)CN(c1cccc(Cl)c1C)S(C)(=O)=O. The van der Waals surface area contributed by atoms with Gasteiger partial charge in [-0.1, -0.05) is 61.7 Å². The zero-order valence-electron chi connectivity index (χ0n) is 21.5. The Hall–Kier alpha value is -2.58. The van der Waals surface area contributed by atoms with Crippen LogP contribution in [0.15, 0.2) is 42.5 Å². The third-order valence-electron chi connectivity index (χ3n) is 6.88. The summed E-state index contributed by atoms with van der Waals surface area (Å²) in [4.78, 5) is 28.7. The van der Waals surface area contributed by atoms with Gasteiger partial charge < -0.3 is 10.2 Å². The topological polar surface area (TPSA) is 86.8 Å². The van der Waals surface area contributed by atoms with Gasteiger partial charge >= 0.3 is 0 Å². The molecule has 3 rings (SSSR count). The molecule has 1 atom stereocenters. The Bertz CT molecular complexity index is 1200. The maximum atomic E-state index is 13.8. The minimum Gasteiger partial charge on any atom is -0.352 e. The zero-order valence-corrected chi connectivity index (χ0v) is 23.0. The van der Waals surface area contributed by atoms with Crippen molar-refractivity contribution in [2.75, 3.05) is 17.1 Å². The van der Waals surface area contributed by atoms with Crippen molar-refractivity contribution in [3.05, 3.63) is 64.2 Å². The van der Waals surface area contributed by atoms with Gasteiger partial charge in [-0.15, -0.1) is 0 Å². The molecule has 2 aromatic rings. The average Bonchev–Trinajstić information content (AvgIpc) is 3.33. The zero-order chi connectivity index (χ0) is 26.5. The Morgan fingerprint density at radius 2 is 1.75 bits per heavy atom. The second-order valence-electron chi connectivity index (χ2n) is 9.52. The predicted octanol–water partition coefficient (Wildman–Crippen LogP) is 4.59. The number of halogens is 1. The summed E-state index contributed by atoms with van der Waals surface area (Å²) < 4.78 is 26.7. The Morgan fingerprint density at radius 3 is 2.36 bits per heavy atom. The van der Waals surface area contributed by atoms with E-state index in [1.807, 2.05) is 38.1 Å². The fourth-order valence-electron chi connectivity index (χ4n) is 4.72. The fraction of sp³-hybridized carbons (Fsp3) is 0.481. The van der Waals surface area contributed by atoms with E-state index in [0.29, 0.717) is 22.7 Å². The number of sulfonamides is 1. The molecule has 1 aliphatic carbocycles. The summed E-state index contributed by atoms with van der Waals surface area (Å²) >= 11 is 6.26. The molecule has 2 amide bonds. The summed E-state index contributed by atoms with van der Waals surface area (Å²) in [7, 11) is -3.81. The molecule has 1 saturated carbocycles. The van der Waals surface area contributed by atoms with Crippen LogP contribution in [0.4, 0.5) is 5.69 Å². The van der Waals surface area contributed by atoms with Gasteiger partial charge in [0.2, 0.25) is 21.8 Å². The molecule has 196 valence electrons. The smallest absolute Gasteiger partial charge is 0.244 e. The van der Waals surface area contributed by atoms with Gasteiger partial charge in [0, 0.05) is 17.6 Å².